The maximum atomic E-state index is 11.1. The molecule has 0 aliphatic rings. The molecule has 100 valence electrons. The zero-order chi connectivity index (χ0) is 12.9. The van der Waals surface area contributed by atoms with Crippen molar-refractivity contribution in [1.82, 2.24) is 5.32 Å². The van der Waals surface area contributed by atoms with E-state index in [1.807, 2.05) is 0 Å². The second-order valence-corrected chi connectivity index (χ2v) is 3.39. The van der Waals surface area contributed by atoms with Gasteiger partial charge in [0.1, 0.15) is 13.2 Å². The Morgan fingerprint density at radius 2 is 1.82 bits per heavy atom. The summed E-state index contributed by atoms with van der Waals surface area (Å²) < 4.78 is 14.5. The number of amides is 1. The number of carbonyl (C=O) groups is 2. The van der Waals surface area contributed by atoms with Crippen molar-refractivity contribution >= 4 is 23.7 Å². The Bertz CT molecular complexity index is 225. The third-order valence-corrected chi connectivity index (χ3v) is 1.83. The van der Waals surface area contributed by atoms with Gasteiger partial charge >= 0.3 is 12.1 Å². The minimum Gasteiger partial charge on any atom is -0.462 e. The number of ether oxygens (including phenoxy) is 3. The predicted octanol–water partition coefficient (Wildman–Crippen LogP) is 0.921. The van der Waals surface area contributed by atoms with Crippen LogP contribution in [0.1, 0.15) is 12.8 Å². The highest BCUT2D eigenvalue weighted by molar-refractivity contribution is 6.17. The Morgan fingerprint density at radius 3 is 2.47 bits per heavy atom. The van der Waals surface area contributed by atoms with Crippen LogP contribution in [-0.4, -0.2) is 51.4 Å². The molecule has 1 N–H and O–H groups in total. The molecule has 7 heteroatoms. The highest BCUT2D eigenvalue weighted by atomic mass is 35.5. The first-order valence-electron chi connectivity index (χ1n) is 5.34. The van der Waals surface area contributed by atoms with Gasteiger partial charge in [-0.05, 0) is 6.42 Å². The first kappa shape index (κ1) is 16.0. The largest absolute Gasteiger partial charge is 0.462 e. The van der Waals surface area contributed by atoms with Gasteiger partial charge in [0.05, 0.1) is 6.61 Å². The molecular formula is C10H18ClNO5. The minimum atomic E-state index is -0.546. The van der Waals surface area contributed by atoms with Crippen LogP contribution in [0.4, 0.5) is 4.79 Å². The van der Waals surface area contributed by atoms with E-state index >= 15 is 0 Å². The van der Waals surface area contributed by atoms with Gasteiger partial charge in [-0.15, -0.1) is 11.6 Å². The summed E-state index contributed by atoms with van der Waals surface area (Å²) >= 11 is 5.40. The minimum absolute atomic E-state index is 0.0498. The summed E-state index contributed by atoms with van der Waals surface area (Å²) in [5.41, 5.74) is 0. The lowest BCUT2D eigenvalue weighted by molar-refractivity contribution is -0.145. The van der Waals surface area contributed by atoms with Crippen molar-refractivity contribution in [2.75, 3.05) is 39.4 Å². The van der Waals surface area contributed by atoms with Crippen molar-refractivity contribution in [2.45, 2.75) is 12.8 Å². The van der Waals surface area contributed by atoms with Crippen molar-refractivity contribution < 1.29 is 23.8 Å². The molecule has 0 aromatic rings. The summed E-state index contributed by atoms with van der Waals surface area (Å²) in [6.07, 6.45) is 0.324. The number of esters is 1. The highest BCUT2D eigenvalue weighted by Gasteiger charge is 2.03. The van der Waals surface area contributed by atoms with Crippen molar-refractivity contribution in [3.8, 4) is 0 Å². The second-order valence-electron chi connectivity index (χ2n) is 3.01. The molecule has 0 fully saturated rings. The lowest BCUT2D eigenvalue weighted by Gasteiger charge is -2.06. The van der Waals surface area contributed by atoms with Crippen LogP contribution in [0.5, 0.6) is 0 Å². The molecule has 0 spiro atoms. The van der Waals surface area contributed by atoms with E-state index in [4.69, 9.17) is 21.1 Å². The number of halogens is 1. The number of carbonyl (C=O) groups excluding carboxylic acids is 2. The Morgan fingerprint density at radius 1 is 1.12 bits per heavy atom. The average molecular weight is 268 g/mol. The van der Waals surface area contributed by atoms with Crippen LogP contribution in [0, 0.1) is 0 Å². The maximum absolute atomic E-state index is 11.1. The summed E-state index contributed by atoms with van der Waals surface area (Å²) in [6, 6.07) is 0. The van der Waals surface area contributed by atoms with E-state index in [0.29, 0.717) is 25.5 Å². The van der Waals surface area contributed by atoms with E-state index in [2.05, 4.69) is 10.1 Å². The van der Waals surface area contributed by atoms with Gasteiger partial charge in [0.15, 0.2) is 0 Å². The molecule has 0 saturated carbocycles. The zero-order valence-corrected chi connectivity index (χ0v) is 10.6. The van der Waals surface area contributed by atoms with Crippen molar-refractivity contribution in [1.29, 1.82) is 0 Å². The summed E-state index contributed by atoms with van der Waals surface area (Å²) in [6.45, 7) is 1.08. The van der Waals surface area contributed by atoms with Crippen molar-refractivity contribution in [2.24, 2.45) is 0 Å². The van der Waals surface area contributed by atoms with Crippen LogP contribution in [0.25, 0.3) is 0 Å². The SMILES string of the molecule is CNC(=O)OCCOC(=O)CCCOCCCl. The molecule has 0 aliphatic heterocycles. The third kappa shape index (κ3) is 11.3. The van der Waals surface area contributed by atoms with E-state index in [9.17, 15) is 9.59 Å². The number of nitrogens with one attached hydrogen (secondary N) is 1. The molecule has 0 rings (SSSR count). The normalized spacial score (nSPS) is 9.76. The number of hydrogen-bond acceptors (Lipinski definition) is 5. The zero-order valence-electron chi connectivity index (χ0n) is 9.87. The van der Waals surface area contributed by atoms with Crippen LogP contribution < -0.4 is 5.32 Å². The van der Waals surface area contributed by atoms with E-state index in [1.165, 1.54) is 7.05 Å². The number of rotatable bonds is 9. The van der Waals surface area contributed by atoms with Gasteiger partial charge in [-0.1, -0.05) is 0 Å². The molecule has 0 aromatic heterocycles. The summed E-state index contributed by atoms with van der Waals surface area (Å²) in [5.74, 6) is 0.112. The molecule has 0 aliphatic carbocycles. The van der Waals surface area contributed by atoms with Crippen molar-refractivity contribution in [3.05, 3.63) is 0 Å². The van der Waals surface area contributed by atoms with Gasteiger partial charge in [0, 0.05) is 26.0 Å². The number of alkyl halides is 1. The third-order valence-electron chi connectivity index (χ3n) is 1.67. The fourth-order valence-corrected chi connectivity index (χ4v) is 1.02. The van der Waals surface area contributed by atoms with E-state index in [-0.39, 0.29) is 25.6 Å². The van der Waals surface area contributed by atoms with Gasteiger partial charge in [-0.3, -0.25) is 4.79 Å². The first-order chi connectivity index (χ1) is 8.20. The quantitative estimate of drug-likeness (QED) is 0.382. The Hall–Kier alpha value is -1.01. The summed E-state index contributed by atoms with van der Waals surface area (Å²) in [5, 5.41) is 2.28. The topological polar surface area (TPSA) is 73.9 Å². The van der Waals surface area contributed by atoms with Crippen LogP contribution in [0.2, 0.25) is 0 Å². The lowest BCUT2D eigenvalue weighted by atomic mass is 10.3. The van der Waals surface area contributed by atoms with Gasteiger partial charge in [0.2, 0.25) is 0 Å². The average Bonchev–Trinajstić information content (AvgIpc) is 2.34. The molecule has 0 aromatic carbocycles. The predicted molar refractivity (Wildman–Crippen MR) is 62.1 cm³/mol. The van der Waals surface area contributed by atoms with Gasteiger partial charge in [0.25, 0.3) is 0 Å². The fraction of sp³-hybridized carbons (Fsp3) is 0.800. The first-order valence-corrected chi connectivity index (χ1v) is 5.88. The molecule has 0 heterocycles. The molecule has 6 nitrogen and oxygen atoms in total. The van der Waals surface area contributed by atoms with Crippen molar-refractivity contribution in [3.63, 3.8) is 0 Å². The van der Waals surface area contributed by atoms with Crippen LogP contribution >= 0.6 is 11.6 Å². The van der Waals surface area contributed by atoms with E-state index < -0.39 is 6.09 Å². The van der Waals surface area contributed by atoms with Gasteiger partial charge in [-0.2, -0.15) is 0 Å². The van der Waals surface area contributed by atoms with E-state index in [0.717, 1.165) is 0 Å². The Balaban J connectivity index is 3.26. The highest BCUT2D eigenvalue weighted by Crippen LogP contribution is 1.94. The molecule has 1 amide bonds. The molecular weight excluding hydrogens is 250 g/mol. The summed E-state index contributed by atoms with van der Waals surface area (Å²) in [7, 11) is 1.45. The second kappa shape index (κ2) is 11.5. The molecule has 0 atom stereocenters. The van der Waals surface area contributed by atoms with Gasteiger partial charge < -0.3 is 19.5 Å². The van der Waals surface area contributed by atoms with Crippen LogP contribution in [0.3, 0.4) is 0 Å². The Kier molecular flexibility index (Phi) is 10.8. The van der Waals surface area contributed by atoms with Gasteiger partial charge in [-0.25, -0.2) is 4.79 Å². The maximum Gasteiger partial charge on any atom is 0.406 e. The number of alkyl carbamates (subject to hydrolysis) is 1. The standard InChI is InChI=1S/C10H18ClNO5/c1-12-10(14)17-8-7-16-9(13)3-2-5-15-6-4-11/h2-8H2,1H3,(H,12,14). The van der Waals surface area contributed by atoms with Crippen LogP contribution in [-0.2, 0) is 19.0 Å². The molecule has 0 bridgehead atoms. The monoisotopic (exact) mass is 267 g/mol. The molecule has 0 saturated heterocycles. The summed E-state index contributed by atoms with van der Waals surface area (Å²) in [4.78, 5) is 21.8. The fourth-order valence-electron chi connectivity index (χ4n) is 0.909. The molecule has 0 radical (unpaired) electrons. The Labute approximate surface area is 106 Å². The van der Waals surface area contributed by atoms with Crippen LogP contribution in [0.15, 0.2) is 0 Å². The molecule has 0 unspecified atom stereocenters. The number of hydrogen-bond donors (Lipinski definition) is 1. The molecule has 17 heavy (non-hydrogen) atoms. The van der Waals surface area contributed by atoms with E-state index in [1.54, 1.807) is 0 Å². The smallest absolute Gasteiger partial charge is 0.406 e. The lowest BCUT2D eigenvalue weighted by Crippen LogP contribution is -2.22.